The molecule has 0 saturated carbocycles. The molecule has 5 rings (SSSR count). The van der Waals surface area contributed by atoms with Crippen molar-refractivity contribution in [2.45, 2.75) is 160 Å². The summed E-state index contributed by atoms with van der Waals surface area (Å²) in [6.45, 7) is 16.1. The fraction of sp³-hybridized carbons (Fsp3) is 0.767. The first-order valence-corrected chi connectivity index (χ1v) is 20.6. The van der Waals surface area contributed by atoms with Crippen LogP contribution in [0.15, 0.2) is 42.6 Å². The lowest BCUT2D eigenvalue weighted by Gasteiger charge is -2.48. The third-order valence-electron chi connectivity index (χ3n) is 12.7. The second-order valence-electron chi connectivity index (χ2n) is 17.9. The molecule has 1 aromatic heterocycles. The summed E-state index contributed by atoms with van der Waals surface area (Å²) in [5.74, 6) is -2.15. The summed E-state index contributed by atoms with van der Waals surface area (Å²) in [7, 11) is 7.35. The number of esters is 1. The molecule has 3 saturated heterocycles. The maximum atomic E-state index is 14.6. The average Bonchev–Trinajstić information content (AvgIpc) is 3.61. The predicted octanol–water partition coefficient (Wildman–Crippen LogP) is 4.00. The molecule has 4 heterocycles. The van der Waals surface area contributed by atoms with Crippen molar-refractivity contribution in [1.82, 2.24) is 19.6 Å². The van der Waals surface area contributed by atoms with E-state index in [0.29, 0.717) is 31.6 Å². The van der Waals surface area contributed by atoms with Gasteiger partial charge in [-0.25, -0.2) is 0 Å². The Balaban J connectivity index is 1.55. The Bertz CT molecular complexity index is 1580. The Morgan fingerprint density at radius 2 is 1.67 bits per heavy atom. The summed E-state index contributed by atoms with van der Waals surface area (Å²) in [6, 6.07) is 11.4. The standard InChI is InChI=1S/C43H70N4O10/c1-25-21-42(7,51)39(57-41-35(48)33(45(9)10)20-26(2)53-41)27(3)36(55-34-22-43(8,52-12)38(49)30(6)54-34)28(4)40(50)56-37(29(5)46(11)23-25)32-18-19-47(44-32)24-31-16-14-13-15-17-31/h13-19,25-30,33-39,41,48-49,51H,20-24H2,1-12H3/t25-,26-,27+,28-,29+,30+,33+,34+,35-,36+,37+,38+,39-,41+,42+,43-/m1/s1. The van der Waals surface area contributed by atoms with E-state index in [9.17, 15) is 20.1 Å². The number of rotatable bonds is 9. The molecule has 0 bridgehead atoms. The zero-order chi connectivity index (χ0) is 42.0. The number of methoxy groups -OCH3 is 1. The molecule has 2 aromatic rings. The van der Waals surface area contributed by atoms with Gasteiger partial charge in [-0.3, -0.25) is 14.4 Å². The molecule has 16 atom stereocenters. The Morgan fingerprint density at radius 3 is 2.32 bits per heavy atom. The van der Waals surface area contributed by atoms with E-state index in [4.69, 9.17) is 33.5 Å². The highest BCUT2D eigenvalue weighted by Crippen LogP contribution is 2.40. The van der Waals surface area contributed by atoms with Gasteiger partial charge >= 0.3 is 5.97 Å². The molecule has 3 fully saturated rings. The predicted molar refractivity (Wildman–Crippen MR) is 214 cm³/mol. The second-order valence-corrected chi connectivity index (χ2v) is 17.9. The lowest BCUT2D eigenvalue weighted by Crippen LogP contribution is -2.60. The van der Waals surface area contributed by atoms with Gasteiger partial charge in [0, 0.05) is 44.3 Å². The quantitative estimate of drug-likeness (QED) is 0.313. The summed E-state index contributed by atoms with van der Waals surface area (Å²) in [5, 5.41) is 40.1. The molecule has 14 heteroatoms. The lowest BCUT2D eigenvalue weighted by molar-refractivity contribution is -0.317. The first-order chi connectivity index (χ1) is 26.7. The SMILES string of the molecule is CO[C@]1(C)C[C@H](O[C@H]2[C@H](C)[C@@H](O[C@@H]3O[C@H](C)C[C@H](N(C)C)[C@H]3O)[C@@](C)(O)C[C@@H](C)CN(C)[C@@H](C)[C@@H](c3ccn(Cc4ccccc4)n3)OC(=O)[C@@H]2C)O[C@@H](C)[C@@H]1O. The van der Waals surface area contributed by atoms with Crippen LogP contribution in [0.2, 0.25) is 0 Å². The molecular weight excluding hydrogens is 732 g/mol. The maximum Gasteiger partial charge on any atom is 0.312 e. The second kappa shape index (κ2) is 18.8. The van der Waals surface area contributed by atoms with Gasteiger partial charge in [-0.15, -0.1) is 0 Å². The smallest absolute Gasteiger partial charge is 0.312 e. The molecule has 0 spiro atoms. The topological polar surface area (TPSA) is 157 Å². The summed E-state index contributed by atoms with van der Waals surface area (Å²) in [6.07, 6.45) is -4.40. The van der Waals surface area contributed by atoms with Crippen molar-refractivity contribution in [3.63, 3.8) is 0 Å². The third-order valence-corrected chi connectivity index (χ3v) is 12.7. The number of nitrogens with zero attached hydrogens (tertiary/aromatic N) is 4. The zero-order valence-corrected chi connectivity index (χ0v) is 36.1. The third kappa shape index (κ3) is 10.6. The number of carbonyl (C=O) groups is 1. The van der Waals surface area contributed by atoms with Crippen LogP contribution >= 0.6 is 0 Å². The van der Waals surface area contributed by atoms with Gasteiger partial charge in [0.15, 0.2) is 18.7 Å². The molecular formula is C43H70N4O10. The van der Waals surface area contributed by atoms with Crippen molar-refractivity contribution < 1.29 is 48.5 Å². The van der Waals surface area contributed by atoms with E-state index in [1.54, 1.807) is 34.8 Å². The van der Waals surface area contributed by atoms with Crippen molar-refractivity contribution in [3.05, 3.63) is 53.9 Å². The van der Waals surface area contributed by atoms with Crippen LogP contribution in [0.4, 0.5) is 0 Å². The number of aliphatic hydroxyl groups is 3. The minimum absolute atomic E-state index is 0.0487. The van der Waals surface area contributed by atoms with E-state index in [-0.39, 0.29) is 30.5 Å². The summed E-state index contributed by atoms with van der Waals surface area (Å²) in [5.41, 5.74) is -0.753. The molecule has 3 N–H and O–H groups in total. The highest BCUT2D eigenvalue weighted by Gasteiger charge is 2.52. The number of likely N-dealkylation sites (N-methyl/N-ethyl adjacent to an activating group) is 2. The van der Waals surface area contributed by atoms with Crippen molar-refractivity contribution in [3.8, 4) is 0 Å². The van der Waals surface area contributed by atoms with Crippen LogP contribution in [0, 0.1) is 17.8 Å². The van der Waals surface area contributed by atoms with Gasteiger partial charge in [-0.2, -0.15) is 5.10 Å². The first kappa shape index (κ1) is 45.6. The number of benzene rings is 1. The molecule has 0 radical (unpaired) electrons. The Morgan fingerprint density at radius 1 is 0.982 bits per heavy atom. The average molecular weight is 803 g/mol. The van der Waals surface area contributed by atoms with E-state index in [1.165, 1.54) is 0 Å². The number of ether oxygens (including phenoxy) is 6. The van der Waals surface area contributed by atoms with Crippen molar-refractivity contribution in [1.29, 1.82) is 0 Å². The normalized spacial score (nSPS) is 41.9. The largest absolute Gasteiger partial charge is 0.454 e. The van der Waals surface area contributed by atoms with Gasteiger partial charge in [-0.05, 0) is 93.1 Å². The van der Waals surface area contributed by atoms with Crippen LogP contribution in [0.1, 0.15) is 92.0 Å². The zero-order valence-electron chi connectivity index (χ0n) is 36.1. The molecule has 0 aliphatic carbocycles. The van der Waals surface area contributed by atoms with Crippen LogP contribution in [-0.2, 0) is 39.8 Å². The van der Waals surface area contributed by atoms with Crippen LogP contribution < -0.4 is 0 Å². The molecule has 3 aliphatic heterocycles. The van der Waals surface area contributed by atoms with Crippen molar-refractivity contribution in [2.24, 2.45) is 17.8 Å². The molecule has 3 aliphatic rings. The van der Waals surface area contributed by atoms with Crippen molar-refractivity contribution in [2.75, 3.05) is 34.8 Å². The summed E-state index contributed by atoms with van der Waals surface area (Å²) < 4.78 is 40.2. The first-order valence-electron chi connectivity index (χ1n) is 20.6. The Hall–Kier alpha value is -2.50. The van der Waals surface area contributed by atoms with Gasteiger partial charge in [0.2, 0.25) is 0 Å². The van der Waals surface area contributed by atoms with Crippen LogP contribution in [-0.4, -0.2) is 148 Å². The molecule has 322 valence electrons. The van der Waals surface area contributed by atoms with Crippen LogP contribution in [0.25, 0.3) is 0 Å². The monoisotopic (exact) mass is 803 g/mol. The number of aliphatic hydroxyl groups excluding tert-OH is 2. The van der Waals surface area contributed by atoms with Gasteiger partial charge < -0.3 is 48.6 Å². The van der Waals surface area contributed by atoms with Gasteiger partial charge in [0.05, 0.1) is 48.1 Å². The fourth-order valence-electron chi connectivity index (χ4n) is 9.21. The van der Waals surface area contributed by atoms with Gasteiger partial charge in [0.1, 0.15) is 17.9 Å². The van der Waals surface area contributed by atoms with Gasteiger partial charge in [0.25, 0.3) is 0 Å². The van der Waals surface area contributed by atoms with Crippen molar-refractivity contribution >= 4 is 5.97 Å². The number of carbonyl (C=O) groups excluding carboxylic acids is 1. The van der Waals surface area contributed by atoms with Crippen LogP contribution in [0.5, 0.6) is 0 Å². The van der Waals surface area contributed by atoms with E-state index in [1.807, 2.05) is 94.1 Å². The number of aromatic nitrogens is 2. The van der Waals surface area contributed by atoms with E-state index in [2.05, 4.69) is 11.8 Å². The fourth-order valence-corrected chi connectivity index (χ4v) is 9.21. The van der Waals surface area contributed by atoms with E-state index in [0.717, 1.165) is 5.56 Å². The summed E-state index contributed by atoms with van der Waals surface area (Å²) in [4.78, 5) is 18.7. The highest BCUT2D eigenvalue weighted by atomic mass is 16.7. The van der Waals surface area contributed by atoms with Gasteiger partial charge in [-0.1, -0.05) is 44.2 Å². The summed E-state index contributed by atoms with van der Waals surface area (Å²) >= 11 is 0. The maximum absolute atomic E-state index is 14.6. The number of hydrogen-bond donors (Lipinski definition) is 3. The number of hydrogen-bond acceptors (Lipinski definition) is 13. The minimum atomic E-state index is -1.48. The molecule has 0 amide bonds. The molecule has 57 heavy (non-hydrogen) atoms. The number of cyclic esters (lactones) is 1. The van der Waals surface area contributed by atoms with E-state index < -0.39 is 78.2 Å². The molecule has 14 nitrogen and oxygen atoms in total. The Kier molecular flexibility index (Phi) is 15.1. The van der Waals surface area contributed by atoms with E-state index >= 15 is 0 Å². The highest BCUT2D eigenvalue weighted by molar-refractivity contribution is 5.73. The molecule has 1 aromatic carbocycles. The Labute approximate surface area is 339 Å². The lowest BCUT2D eigenvalue weighted by atomic mass is 9.77. The minimum Gasteiger partial charge on any atom is -0.454 e. The van der Waals surface area contributed by atoms with Crippen LogP contribution in [0.3, 0.4) is 0 Å². The molecule has 0 unspecified atom stereocenters.